The van der Waals surface area contributed by atoms with Crippen molar-refractivity contribution < 1.29 is 9.59 Å². The standard InChI is InChI=1S/C24H37N3O2/c1-18(17-24(2,3)4)15-22(28)25-19-9-10-21(26-11-5-6-12-26)20(16-19)23(29)27-13-7-8-14-27/h9-10,16,18H,5-8,11-15,17H2,1-4H3,(H,25,28)/t18-/m1/s1. The summed E-state index contributed by atoms with van der Waals surface area (Å²) in [4.78, 5) is 30.0. The van der Waals surface area contributed by atoms with Crippen LogP contribution in [0.3, 0.4) is 0 Å². The minimum Gasteiger partial charge on any atom is -0.371 e. The minimum atomic E-state index is 0.0234. The monoisotopic (exact) mass is 399 g/mol. The molecule has 0 saturated carbocycles. The molecule has 2 amide bonds. The number of nitrogens with zero attached hydrogens (tertiary/aromatic N) is 2. The molecule has 29 heavy (non-hydrogen) atoms. The van der Waals surface area contributed by atoms with Crippen LogP contribution in [-0.2, 0) is 4.79 Å². The third kappa shape index (κ3) is 5.97. The first-order chi connectivity index (χ1) is 13.7. The Bertz CT molecular complexity index is 726. The highest BCUT2D eigenvalue weighted by molar-refractivity contribution is 6.02. The molecule has 0 unspecified atom stereocenters. The van der Waals surface area contributed by atoms with Crippen molar-refractivity contribution in [2.75, 3.05) is 36.4 Å². The molecule has 0 radical (unpaired) electrons. The second-order valence-electron chi connectivity index (χ2n) is 10.0. The molecule has 0 spiro atoms. The van der Waals surface area contributed by atoms with Crippen LogP contribution in [0.2, 0.25) is 0 Å². The summed E-state index contributed by atoms with van der Waals surface area (Å²) in [6.07, 6.45) is 6.00. The lowest BCUT2D eigenvalue weighted by atomic mass is 9.84. The van der Waals surface area contributed by atoms with Gasteiger partial charge in [0.25, 0.3) is 5.91 Å². The molecule has 1 aromatic rings. The van der Waals surface area contributed by atoms with Gasteiger partial charge in [-0.3, -0.25) is 9.59 Å². The summed E-state index contributed by atoms with van der Waals surface area (Å²) in [5.74, 6) is 0.446. The first-order valence-corrected chi connectivity index (χ1v) is 11.2. The quantitative estimate of drug-likeness (QED) is 0.738. The minimum absolute atomic E-state index is 0.0234. The molecule has 0 bridgehead atoms. The zero-order chi connectivity index (χ0) is 21.0. The van der Waals surface area contributed by atoms with Crippen molar-refractivity contribution in [3.05, 3.63) is 23.8 Å². The Morgan fingerprint density at radius 3 is 2.28 bits per heavy atom. The van der Waals surface area contributed by atoms with Crippen molar-refractivity contribution in [3.8, 4) is 0 Å². The van der Waals surface area contributed by atoms with E-state index in [1.54, 1.807) is 0 Å². The summed E-state index contributed by atoms with van der Waals surface area (Å²) in [5.41, 5.74) is 2.68. The van der Waals surface area contributed by atoms with Crippen molar-refractivity contribution in [1.82, 2.24) is 4.90 Å². The van der Waals surface area contributed by atoms with Crippen molar-refractivity contribution >= 4 is 23.2 Å². The largest absolute Gasteiger partial charge is 0.371 e. The molecule has 160 valence electrons. The van der Waals surface area contributed by atoms with Crippen molar-refractivity contribution in [1.29, 1.82) is 0 Å². The van der Waals surface area contributed by atoms with E-state index in [0.29, 0.717) is 12.3 Å². The molecule has 2 saturated heterocycles. The predicted octanol–water partition coefficient (Wildman–Crippen LogP) is 4.92. The van der Waals surface area contributed by atoms with Gasteiger partial charge in [-0.1, -0.05) is 27.7 Å². The van der Waals surface area contributed by atoms with E-state index >= 15 is 0 Å². The number of benzene rings is 1. The maximum atomic E-state index is 13.2. The smallest absolute Gasteiger partial charge is 0.256 e. The van der Waals surface area contributed by atoms with E-state index in [9.17, 15) is 9.59 Å². The van der Waals surface area contributed by atoms with E-state index in [0.717, 1.165) is 62.4 Å². The average Bonchev–Trinajstić information content (AvgIpc) is 3.33. The summed E-state index contributed by atoms with van der Waals surface area (Å²) in [5, 5.41) is 3.03. The Morgan fingerprint density at radius 2 is 1.66 bits per heavy atom. The van der Waals surface area contributed by atoms with Gasteiger partial charge >= 0.3 is 0 Å². The molecule has 1 aromatic carbocycles. The number of carbonyl (C=O) groups is 2. The SMILES string of the molecule is C[C@H](CC(=O)Nc1ccc(N2CCCC2)c(C(=O)N2CCCC2)c1)CC(C)(C)C. The highest BCUT2D eigenvalue weighted by Crippen LogP contribution is 2.30. The Kier molecular flexibility index (Phi) is 6.86. The van der Waals surface area contributed by atoms with Gasteiger partial charge < -0.3 is 15.1 Å². The lowest BCUT2D eigenvalue weighted by Gasteiger charge is -2.25. The molecule has 2 aliphatic heterocycles. The molecule has 5 heteroatoms. The zero-order valence-corrected chi connectivity index (χ0v) is 18.6. The first-order valence-electron chi connectivity index (χ1n) is 11.2. The van der Waals surface area contributed by atoms with Gasteiger partial charge in [-0.25, -0.2) is 0 Å². The second kappa shape index (κ2) is 9.19. The normalized spacial score (nSPS) is 18.2. The van der Waals surface area contributed by atoms with Crippen LogP contribution in [0, 0.1) is 11.3 Å². The van der Waals surface area contributed by atoms with Gasteiger partial charge in [0.05, 0.1) is 5.56 Å². The molecule has 0 aliphatic carbocycles. The van der Waals surface area contributed by atoms with Crippen molar-refractivity contribution in [2.24, 2.45) is 11.3 Å². The van der Waals surface area contributed by atoms with Gasteiger partial charge in [0.2, 0.25) is 5.91 Å². The molecule has 2 heterocycles. The van der Waals surface area contributed by atoms with E-state index < -0.39 is 0 Å². The van der Waals surface area contributed by atoms with E-state index in [1.165, 1.54) is 12.8 Å². The van der Waals surface area contributed by atoms with E-state index in [1.807, 2.05) is 23.1 Å². The Morgan fingerprint density at radius 1 is 1.03 bits per heavy atom. The number of likely N-dealkylation sites (tertiary alicyclic amines) is 1. The predicted molar refractivity (Wildman–Crippen MR) is 120 cm³/mol. The molecule has 1 atom stereocenters. The molecule has 1 N–H and O–H groups in total. The van der Waals surface area contributed by atoms with Gasteiger partial charge in [-0.05, 0) is 61.6 Å². The van der Waals surface area contributed by atoms with E-state index in [4.69, 9.17) is 0 Å². The molecular weight excluding hydrogens is 362 g/mol. The van der Waals surface area contributed by atoms with Gasteiger partial charge in [0.1, 0.15) is 0 Å². The van der Waals surface area contributed by atoms with Crippen LogP contribution in [0.4, 0.5) is 11.4 Å². The molecule has 2 aliphatic rings. The fraction of sp³-hybridized carbons (Fsp3) is 0.667. The number of carbonyl (C=O) groups excluding carboxylic acids is 2. The van der Waals surface area contributed by atoms with Crippen molar-refractivity contribution in [3.63, 3.8) is 0 Å². The number of hydrogen-bond donors (Lipinski definition) is 1. The third-order valence-electron chi connectivity index (χ3n) is 5.85. The fourth-order valence-electron chi connectivity index (χ4n) is 4.76. The molecule has 0 aromatic heterocycles. The molecule has 3 rings (SSSR count). The van der Waals surface area contributed by atoms with Gasteiger partial charge in [-0.15, -0.1) is 0 Å². The maximum absolute atomic E-state index is 13.2. The highest BCUT2D eigenvalue weighted by Gasteiger charge is 2.26. The topological polar surface area (TPSA) is 52.7 Å². The van der Waals surface area contributed by atoms with Crippen molar-refractivity contribution in [2.45, 2.75) is 66.2 Å². The Hall–Kier alpha value is -2.04. The van der Waals surface area contributed by atoms with Crippen LogP contribution < -0.4 is 10.2 Å². The van der Waals surface area contributed by atoms with Gasteiger partial charge in [0.15, 0.2) is 0 Å². The van der Waals surface area contributed by atoms with Crippen LogP contribution in [0.1, 0.15) is 76.6 Å². The number of rotatable bonds is 6. The zero-order valence-electron chi connectivity index (χ0n) is 18.6. The number of amides is 2. The number of anilines is 2. The lowest BCUT2D eigenvalue weighted by molar-refractivity contribution is -0.117. The van der Waals surface area contributed by atoms with Crippen LogP contribution in [0.15, 0.2) is 18.2 Å². The number of hydrogen-bond acceptors (Lipinski definition) is 3. The molecule has 5 nitrogen and oxygen atoms in total. The summed E-state index contributed by atoms with van der Waals surface area (Å²) >= 11 is 0. The maximum Gasteiger partial charge on any atom is 0.256 e. The van der Waals surface area contributed by atoms with E-state index in [-0.39, 0.29) is 17.2 Å². The highest BCUT2D eigenvalue weighted by atomic mass is 16.2. The summed E-state index contributed by atoms with van der Waals surface area (Å²) < 4.78 is 0. The first kappa shape index (κ1) is 21.7. The second-order valence-corrected chi connectivity index (χ2v) is 10.0. The molecule has 2 fully saturated rings. The van der Waals surface area contributed by atoms with Crippen LogP contribution in [0.25, 0.3) is 0 Å². The molecular formula is C24H37N3O2. The van der Waals surface area contributed by atoms with Gasteiger partial charge in [0, 0.05) is 44.0 Å². The third-order valence-corrected chi connectivity index (χ3v) is 5.85. The van der Waals surface area contributed by atoms with Crippen LogP contribution in [-0.4, -0.2) is 42.9 Å². The van der Waals surface area contributed by atoms with E-state index in [2.05, 4.69) is 37.9 Å². The van der Waals surface area contributed by atoms with Crippen LogP contribution in [0.5, 0.6) is 0 Å². The lowest BCUT2D eigenvalue weighted by Crippen LogP contribution is -2.30. The average molecular weight is 400 g/mol. The summed E-state index contributed by atoms with van der Waals surface area (Å²) in [7, 11) is 0. The fourth-order valence-corrected chi connectivity index (χ4v) is 4.76. The Labute approximate surface area is 175 Å². The number of nitrogens with one attached hydrogen (secondary N) is 1. The van der Waals surface area contributed by atoms with Crippen LogP contribution >= 0.6 is 0 Å². The van der Waals surface area contributed by atoms with Gasteiger partial charge in [-0.2, -0.15) is 0 Å². The summed E-state index contributed by atoms with van der Waals surface area (Å²) in [6, 6.07) is 5.85. The Balaban J connectivity index is 1.74. The summed E-state index contributed by atoms with van der Waals surface area (Å²) in [6.45, 7) is 12.4.